The van der Waals surface area contributed by atoms with Crippen molar-refractivity contribution in [2.45, 2.75) is 36.5 Å². The summed E-state index contributed by atoms with van der Waals surface area (Å²) in [5.74, 6) is 0. The molecule has 0 aliphatic carbocycles. The fourth-order valence-corrected chi connectivity index (χ4v) is 3.90. The summed E-state index contributed by atoms with van der Waals surface area (Å²) in [6.45, 7) is 7.01. The molecule has 1 radical (unpaired) electrons. The second-order valence-electron chi connectivity index (χ2n) is 1.81. The van der Waals surface area contributed by atoms with E-state index < -0.39 is 14.3 Å². The molecule has 0 aliphatic rings. The van der Waals surface area contributed by atoms with E-state index >= 15 is 0 Å². The van der Waals surface area contributed by atoms with Crippen LogP contribution >= 0.6 is 0 Å². The Morgan fingerprint density at radius 2 is 1.14 bits per heavy atom. The molecule has 0 aromatic heterocycles. The van der Waals surface area contributed by atoms with Gasteiger partial charge in [0.2, 0.25) is 0 Å². The second-order valence-corrected chi connectivity index (χ2v) is 9.41. The fourth-order valence-electron chi connectivity index (χ4n) is 0.750. The number of hydrogen-bond acceptors (Lipinski definition) is 0. The molecule has 0 nitrogen and oxygen atoms in total. The van der Waals surface area contributed by atoms with Crippen LogP contribution in [0.3, 0.4) is 0 Å². The summed E-state index contributed by atoms with van der Waals surface area (Å²) in [5, 5.41) is 4.56. The topological polar surface area (TPSA) is 0 Å². The van der Waals surface area contributed by atoms with Gasteiger partial charge in [-0.3, -0.25) is 0 Å². The van der Waals surface area contributed by atoms with Crippen molar-refractivity contribution < 1.29 is 0 Å². The first-order chi connectivity index (χ1) is 3.35. The predicted molar refractivity (Wildman–Crippen MR) is 37.2 cm³/mol. The molecule has 0 amide bonds. The van der Waals surface area contributed by atoms with Crippen LogP contribution in [0.25, 0.3) is 0 Å². The van der Waals surface area contributed by atoms with E-state index in [1.165, 1.54) is 15.8 Å². The Kier molecular flexibility index (Phi) is 5.06. The predicted octanol–water partition coefficient (Wildman–Crippen LogP) is 2.54. The van der Waals surface area contributed by atoms with Gasteiger partial charge in [-0.15, -0.1) is 0 Å². The molecule has 0 unspecified atom stereocenters. The van der Waals surface area contributed by atoms with Gasteiger partial charge in [0, 0.05) is 0 Å². The van der Waals surface area contributed by atoms with Crippen molar-refractivity contribution in [1.29, 1.82) is 0 Å². The molecule has 0 rings (SSSR count). The average Bonchev–Trinajstić information content (AvgIpc) is 1.72. The molecule has 0 bridgehead atoms. The molecule has 0 saturated carbocycles. The van der Waals surface area contributed by atoms with Crippen molar-refractivity contribution in [1.82, 2.24) is 0 Å². The first-order valence-corrected chi connectivity index (χ1v) is 7.63. The maximum atomic E-state index is 2.34. The van der Waals surface area contributed by atoms with Crippen molar-refractivity contribution in [3.8, 4) is 0 Å². The van der Waals surface area contributed by atoms with Crippen LogP contribution in [0.2, 0.25) is 15.8 Å². The van der Waals surface area contributed by atoms with Crippen molar-refractivity contribution in [3.63, 3.8) is 0 Å². The van der Waals surface area contributed by atoms with Crippen molar-refractivity contribution in [2.24, 2.45) is 0 Å². The molecule has 0 aromatic rings. The zero-order valence-corrected chi connectivity index (χ0v) is 7.72. The SMILES string of the molecule is C[CH2][Ge]([CH2]C)[CH2]C. The van der Waals surface area contributed by atoms with Crippen LogP contribution in [0.5, 0.6) is 0 Å². The Labute approximate surface area is 51.4 Å². The molecule has 0 N–H and O–H groups in total. The Morgan fingerprint density at radius 3 is 1.14 bits per heavy atom. The molecule has 0 atom stereocenters. The molecule has 0 aromatic carbocycles. The maximum absolute atomic E-state index is 2.34. The minimum absolute atomic E-state index is 0.403. The Hall–Kier alpha value is 0.543. The van der Waals surface area contributed by atoms with E-state index in [0.29, 0.717) is 0 Å². The zero-order valence-electron chi connectivity index (χ0n) is 5.62. The van der Waals surface area contributed by atoms with Gasteiger partial charge < -0.3 is 0 Å². The fraction of sp³-hybridized carbons (Fsp3) is 1.00. The molecule has 0 spiro atoms. The van der Waals surface area contributed by atoms with Crippen molar-refractivity contribution in [3.05, 3.63) is 0 Å². The van der Waals surface area contributed by atoms with Crippen LogP contribution in [-0.2, 0) is 0 Å². The Bertz CT molecular complexity index is 25.7. The van der Waals surface area contributed by atoms with Gasteiger partial charge in [0.25, 0.3) is 0 Å². The van der Waals surface area contributed by atoms with Crippen molar-refractivity contribution in [2.75, 3.05) is 0 Å². The van der Waals surface area contributed by atoms with E-state index in [4.69, 9.17) is 0 Å². The van der Waals surface area contributed by atoms with Gasteiger partial charge in [-0.05, 0) is 0 Å². The summed E-state index contributed by atoms with van der Waals surface area (Å²) in [5.41, 5.74) is 0. The summed E-state index contributed by atoms with van der Waals surface area (Å²) in [4.78, 5) is 0. The van der Waals surface area contributed by atoms with Crippen LogP contribution in [0.15, 0.2) is 0 Å². The normalized spacial score (nSPS) is 10.3. The van der Waals surface area contributed by atoms with Gasteiger partial charge in [0.1, 0.15) is 0 Å². The molecule has 0 aliphatic heterocycles. The average molecular weight is 160 g/mol. The standard InChI is InChI=1S/C6H15Ge/c1-4-7(5-2)6-3/h4-6H2,1-3H3. The van der Waals surface area contributed by atoms with Crippen LogP contribution in [0, 0.1) is 0 Å². The molecule has 7 heavy (non-hydrogen) atoms. The van der Waals surface area contributed by atoms with Gasteiger partial charge in [-0.2, -0.15) is 0 Å². The summed E-state index contributed by atoms with van der Waals surface area (Å²) < 4.78 is 0. The molecule has 1 heteroatoms. The van der Waals surface area contributed by atoms with Gasteiger partial charge >= 0.3 is 50.9 Å². The Morgan fingerprint density at radius 1 is 0.857 bits per heavy atom. The van der Waals surface area contributed by atoms with Crippen LogP contribution in [0.4, 0.5) is 0 Å². The molecule has 0 heterocycles. The number of rotatable bonds is 3. The quantitative estimate of drug-likeness (QED) is 0.556. The molecule has 0 fully saturated rings. The van der Waals surface area contributed by atoms with Crippen LogP contribution in [-0.4, -0.2) is 14.3 Å². The minimum atomic E-state index is -0.403. The van der Waals surface area contributed by atoms with Crippen LogP contribution < -0.4 is 0 Å². The van der Waals surface area contributed by atoms with E-state index in [-0.39, 0.29) is 0 Å². The van der Waals surface area contributed by atoms with Crippen LogP contribution in [0.1, 0.15) is 20.8 Å². The second kappa shape index (κ2) is 4.70. The third-order valence-electron chi connectivity index (χ3n) is 1.50. The van der Waals surface area contributed by atoms with Gasteiger partial charge in [0.05, 0.1) is 0 Å². The summed E-state index contributed by atoms with van der Waals surface area (Å²) >= 11 is -0.403. The monoisotopic (exact) mass is 161 g/mol. The molecule has 0 saturated heterocycles. The third kappa shape index (κ3) is 3.15. The summed E-state index contributed by atoms with van der Waals surface area (Å²) in [7, 11) is 0. The van der Waals surface area contributed by atoms with E-state index in [1.54, 1.807) is 0 Å². The van der Waals surface area contributed by atoms with E-state index in [1.807, 2.05) is 0 Å². The molecule has 43 valence electrons. The van der Waals surface area contributed by atoms with E-state index in [2.05, 4.69) is 20.8 Å². The zero-order chi connectivity index (χ0) is 5.70. The first kappa shape index (κ1) is 7.54. The first-order valence-electron chi connectivity index (χ1n) is 3.18. The van der Waals surface area contributed by atoms with Gasteiger partial charge in [-0.1, -0.05) is 0 Å². The van der Waals surface area contributed by atoms with Gasteiger partial charge in [0.15, 0.2) is 0 Å². The molecular weight excluding hydrogens is 145 g/mol. The van der Waals surface area contributed by atoms with Crippen molar-refractivity contribution >= 4 is 14.3 Å². The number of hydrogen-bond donors (Lipinski definition) is 0. The summed E-state index contributed by atoms with van der Waals surface area (Å²) in [6.07, 6.45) is 0. The van der Waals surface area contributed by atoms with E-state index in [9.17, 15) is 0 Å². The Balaban J connectivity index is 2.99. The molecular formula is C6H15Ge. The third-order valence-corrected chi connectivity index (χ3v) is 7.79. The van der Waals surface area contributed by atoms with Gasteiger partial charge in [-0.25, -0.2) is 0 Å². The van der Waals surface area contributed by atoms with E-state index in [0.717, 1.165) is 0 Å². The summed E-state index contributed by atoms with van der Waals surface area (Å²) in [6, 6.07) is 0.